The van der Waals surface area contributed by atoms with Crippen LogP contribution < -0.4 is 25.4 Å². The van der Waals surface area contributed by atoms with Gasteiger partial charge < -0.3 is 30.5 Å². The Morgan fingerprint density at radius 1 is 0.939 bits per heavy atom. The van der Waals surface area contributed by atoms with Crippen LogP contribution in [0.4, 0.5) is 0 Å². The summed E-state index contributed by atoms with van der Waals surface area (Å²) in [6.45, 7) is 2.67. The van der Waals surface area contributed by atoms with Crippen LogP contribution in [0.25, 0.3) is 0 Å². The maximum atomic E-state index is 13.5. The number of rotatable bonds is 17. The molecule has 14 heteroatoms. The van der Waals surface area contributed by atoms with Gasteiger partial charge in [-0.2, -0.15) is 0 Å². The molecule has 3 atom stereocenters. The number of ether oxygens (including phenoxy) is 2. The molecule has 0 spiro atoms. The van der Waals surface area contributed by atoms with Crippen molar-refractivity contribution in [1.82, 2.24) is 20.7 Å². The molecule has 0 radical (unpaired) electrons. The predicted molar refractivity (Wildman–Crippen MR) is 185 cm³/mol. The van der Waals surface area contributed by atoms with E-state index in [-0.39, 0.29) is 41.3 Å². The van der Waals surface area contributed by atoms with Crippen molar-refractivity contribution < 1.29 is 42.9 Å². The Bertz CT molecular complexity index is 1590. The number of esters is 1. The highest BCUT2D eigenvalue weighted by Gasteiger charge is 2.38. The number of nitrogens with one attached hydrogen (secondary N) is 4. The lowest BCUT2D eigenvalue weighted by atomic mass is 10.0. The quantitative estimate of drug-likeness (QED) is 0.0809. The molecule has 4 rings (SSSR count). The zero-order valence-corrected chi connectivity index (χ0v) is 28.3. The zero-order valence-electron chi connectivity index (χ0n) is 27.5. The number of unbranched alkanes of at least 4 members (excludes halogenated alkanes) is 1. The first-order chi connectivity index (χ1) is 23.5. The normalized spacial score (nSPS) is 16.9. The minimum absolute atomic E-state index is 0.0124. The van der Waals surface area contributed by atoms with E-state index in [1.54, 1.807) is 24.3 Å². The molecule has 264 valence electrons. The van der Waals surface area contributed by atoms with Gasteiger partial charge in [-0.25, -0.2) is 4.79 Å². The van der Waals surface area contributed by atoms with E-state index in [0.717, 1.165) is 11.1 Å². The Labute approximate surface area is 287 Å². The Kier molecular flexibility index (Phi) is 13.4. The molecule has 49 heavy (non-hydrogen) atoms. The van der Waals surface area contributed by atoms with Crippen molar-refractivity contribution in [3.8, 4) is 11.5 Å². The molecule has 3 aromatic carbocycles. The molecule has 7 N–H and O–H groups in total. The number of aromatic hydroxyl groups is 1. The fourth-order valence-corrected chi connectivity index (χ4v) is 7.04. The minimum Gasteiger partial charge on any atom is -0.507 e. The number of hydrogen-bond acceptors (Lipinski definition) is 10. The van der Waals surface area contributed by atoms with Crippen LogP contribution in [-0.4, -0.2) is 76.8 Å². The van der Waals surface area contributed by atoms with Gasteiger partial charge in [-0.15, -0.1) is 10.8 Å². The minimum atomic E-state index is -3.28. The summed E-state index contributed by atoms with van der Waals surface area (Å²) in [5.74, 6) is -1.74. The Morgan fingerprint density at radius 2 is 1.65 bits per heavy atom. The molecule has 0 aliphatic carbocycles. The molecular formula is C35H44N4O9S. The molecule has 3 amide bonds. The van der Waals surface area contributed by atoms with Gasteiger partial charge in [0.2, 0.25) is 17.7 Å². The smallest absolute Gasteiger partial charge is 0.345 e. The first kappa shape index (κ1) is 37.2. The second kappa shape index (κ2) is 17.7. The van der Waals surface area contributed by atoms with E-state index in [9.17, 15) is 33.4 Å². The van der Waals surface area contributed by atoms with Crippen molar-refractivity contribution in [3.63, 3.8) is 0 Å². The van der Waals surface area contributed by atoms with Gasteiger partial charge in [-0.05, 0) is 54.6 Å². The highest BCUT2D eigenvalue weighted by atomic mass is 32.3. The lowest BCUT2D eigenvalue weighted by Crippen LogP contribution is -2.53. The number of phenols is 1. The van der Waals surface area contributed by atoms with Gasteiger partial charge in [0.05, 0.1) is 20.1 Å². The van der Waals surface area contributed by atoms with E-state index < -0.39 is 33.9 Å². The van der Waals surface area contributed by atoms with Gasteiger partial charge in [0.15, 0.2) is 0 Å². The zero-order chi connectivity index (χ0) is 35.4. The average molecular weight is 697 g/mol. The lowest BCUT2D eigenvalue weighted by molar-refractivity contribution is -0.128. The fourth-order valence-electron chi connectivity index (χ4n) is 5.56. The predicted octanol–water partition coefficient (Wildman–Crippen LogP) is 3.63. The van der Waals surface area contributed by atoms with E-state index in [1.165, 1.54) is 20.1 Å². The fraction of sp³-hybridized carbons (Fsp3) is 0.371. The largest absolute Gasteiger partial charge is 0.507 e. The molecule has 0 bridgehead atoms. The molecule has 1 heterocycles. The second-order valence-corrected chi connectivity index (χ2v) is 13.8. The molecule has 1 saturated heterocycles. The van der Waals surface area contributed by atoms with Crippen molar-refractivity contribution in [2.24, 2.45) is 0 Å². The van der Waals surface area contributed by atoms with Crippen molar-refractivity contribution in [2.75, 3.05) is 26.8 Å². The SMILES string of the molecule is COC(=O)c1c(O)cccc1OCCCCNC[C@@H](Cc1ccc(C2CC(=O)NS2(O)O)cc1)NC(=O)[C@H](Cc1ccccc1)NC(C)=O. The van der Waals surface area contributed by atoms with Crippen molar-refractivity contribution in [1.29, 1.82) is 0 Å². The number of methoxy groups -OCH3 is 1. The van der Waals surface area contributed by atoms with Gasteiger partial charge in [-0.1, -0.05) is 60.7 Å². The third-order valence-electron chi connectivity index (χ3n) is 7.98. The summed E-state index contributed by atoms with van der Waals surface area (Å²) in [7, 11) is -2.05. The summed E-state index contributed by atoms with van der Waals surface area (Å²) in [6.07, 6.45) is 2.10. The molecule has 1 unspecified atom stereocenters. The Balaban J connectivity index is 1.37. The van der Waals surface area contributed by atoms with Crippen LogP contribution in [0.5, 0.6) is 11.5 Å². The molecular weight excluding hydrogens is 652 g/mol. The summed E-state index contributed by atoms with van der Waals surface area (Å²) in [5, 5.41) is 18.6. The summed E-state index contributed by atoms with van der Waals surface area (Å²) >= 11 is 0. The number of hydrogen-bond donors (Lipinski definition) is 7. The monoisotopic (exact) mass is 696 g/mol. The van der Waals surface area contributed by atoms with Gasteiger partial charge in [0.1, 0.15) is 28.4 Å². The van der Waals surface area contributed by atoms with Crippen molar-refractivity contribution in [3.05, 3.63) is 95.1 Å². The van der Waals surface area contributed by atoms with Crippen molar-refractivity contribution >= 4 is 34.5 Å². The Hall–Kier alpha value is -4.63. The van der Waals surface area contributed by atoms with Crippen LogP contribution in [-0.2, 0) is 32.0 Å². The summed E-state index contributed by atoms with van der Waals surface area (Å²) in [6, 6.07) is 20.0. The van der Waals surface area contributed by atoms with Gasteiger partial charge in [0.25, 0.3) is 0 Å². The van der Waals surface area contributed by atoms with Gasteiger partial charge in [-0.3, -0.25) is 28.2 Å². The Morgan fingerprint density at radius 3 is 2.31 bits per heavy atom. The molecule has 1 aliphatic heterocycles. The number of phenolic OH excluding ortho intramolecular Hbond substituents is 1. The first-order valence-corrected chi connectivity index (χ1v) is 17.6. The molecule has 13 nitrogen and oxygen atoms in total. The topological polar surface area (TPSA) is 196 Å². The third kappa shape index (κ3) is 10.9. The van der Waals surface area contributed by atoms with Gasteiger partial charge in [0, 0.05) is 25.9 Å². The maximum absolute atomic E-state index is 13.5. The van der Waals surface area contributed by atoms with Crippen LogP contribution in [0.1, 0.15) is 58.5 Å². The van der Waals surface area contributed by atoms with E-state index in [0.29, 0.717) is 50.9 Å². The molecule has 0 aromatic heterocycles. The third-order valence-corrected chi connectivity index (χ3v) is 9.74. The molecule has 0 saturated carbocycles. The van der Waals surface area contributed by atoms with Crippen LogP contribution in [0.2, 0.25) is 0 Å². The molecule has 3 aromatic rings. The summed E-state index contributed by atoms with van der Waals surface area (Å²) in [4.78, 5) is 49.4. The van der Waals surface area contributed by atoms with E-state index in [4.69, 9.17) is 9.47 Å². The van der Waals surface area contributed by atoms with Gasteiger partial charge >= 0.3 is 5.97 Å². The number of carbonyl (C=O) groups excluding carboxylic acids is 4. The standard InChI is InChI=1S/C35H44N4O9S/c1-23(40)37-28(20-24-9-4-3-5-10-24)34(43)38-27(19-25-13-15-26(16-14-25)31-21-32(42)39-49(31,45)46)22-36-17-6-7-18-48-30-12-8-11-29(41)33(30)35(44)47-2/h3-5,8-16,27-28,31,36,41,45-46H,6-7,17-22H2,1-2H3,(H,37,40)(H,38,43)(H,39,42)/t27-,28+,31?/m1/s1. The average Bonchev–Trinajstić information content (AvgIpc) is 3.35. The highest BCUT2D eigenvalue weighted by molar-refractivity contribution is 8.23. The van der Waals surface area contributed by atoms with E-state index >= 15 is 0 Å². The summed E-state index contributed by atoms with van der Waals surface area (Å²) < 4.78 is 33.3. The molecule has 1 aliphatic rings. The first-order valence-electron chi connectivity index (χ1n) is 16.0. The lowest BCUT2D eigenvalue weighted by Gasteiger charge is -2.33. The number of amides is 3. The number of carbonyl (C=O) groups is 4. The molecule has 1 fully saturated rings. The van der Waals surface area contributed by atoms with E-state index in [1.807, 2.05) is 42.5 Å². The van der Waals surface area contributed by atoms with E-state index in [2.05, 4.69) is 20.7 Å². The second-order valence-electron chi connectivity index (χ2n) is 11.8. The van der Waals surface area contributed by atoms with Crippen molar-refractivity contribution in [2.45, 2.75) is 56.4 Å². The highest BCUT2D eigenvalue weighted by Crippen LogP contribution is 2.56. The van der Waals surface area contributed by atoms with Crippen LogP contribution in [0.15, 0.2) is 72.8 Å². The summed E-state index contributed by atoms with van der Waals surface area (Å²) in [5.41, 5.74) is 2.38. The number of benzene rings is 3. The van der Waals surface area contributed by atoms with Crippen LogP contribution in [0.3, 0.4) is 0 Å². The van der Waals surface area contributed by atoms with Crippen LogP contribution in [0, 0.1) is 0 Å². The maximum Gasteiger partial charge on any atom is 0.345 e. The van der Waals surface area contributed by atoms with Crippen LogP contribution >= 0.6 is 10.8 Å².